The van der Waals surface area contributed by atoms with E-state index in [1.54, 1.807) is 0 Å². The fourth-order valence-corrected chi connectivity index (χ4v) is 9.61. The van der Waals surface area contributed by atoms with Crippen LogP contribution in [0.15, 0.2) is 61.3 Å². The van der Waals surface area contributed by atoms with Crippen molar-refractivity contribution in [2.24, 2.45) is 5.41 Å². The largest absolute Gasteiger partial charge is 0.481 e. The smallest absolute Gasteiger partial charge is 0.393 e. The number of aliphatic hydroxyl groups excluding tert-OH is 3. The van der Waals surface area contributed by atoms with E-state index in [0.29, 0.717) is 12.8 Å². The van der Waals surface area contributed by atoms with Gasteiger partial charge in [0.1, 0.15) is 36.3 Å². The molecule has 1 aliphatic rings. The number of nitrogens with two attached hydrogens (primary N) is 1. The molecule has 0 aromatic carbocycles. The number of carbonyl (C=O) groups is 3. The lowest BCUT2D eigenvalue weighted by molar-refractivity contribution is -0.137. The Morgan fingerprint density at radius 3 is 2.21 bits per heavy atom. The lowest BCUT2D eigenvalue weighted by Gasteiger charge is -2.30. The van der Waals surface area contributed by atoms with Crippen LogP contribution in [0, 0.1) is 5.41 Å². The third kappa shape index (κ3) is 21.2. The molecule has 0 radical (unpaired) electrons. The Morgan fingerprint density at radius 1 is 0.926 bits per heavy atom. The number of rotatable bonds is 31. The lowest BCUT2D eigenvalue weighted by Crippen LogP contribution is -2.46. The monoisotopic (exact) mass is 1040 g/mol. The van der Waals surface area contributed by atoms with Crippen molar-refractivity contribution in [3.63, 3.8) is 0 Å². The van der Waals surface area contributed by atoms with E-state index in [0.717, 1.165) is 54.7 Å². The first kappa shape index (κ1) is 58.8. The number of ether oxygens (including phenoxy) is 1. The average molecular weight is 1040 g/mol. The number of allylic oxidation sites excluding steroid dienone is 8. The van der Waals surface area contributed by atoms with E-state index in [2.05, 4.69) is 77.8 Å². The third-order valence-electron chi connectivity index (χ3n) is 9.55. The van der Waals surface area contributed by atoms with Crippen molar-refractivity contribution >= 4 is 69.1 Å². The fourth-order valence-electron chi connectivity index (χ4n) is 6.03. The molecular formula is C39H62N7O18P3S. The molecule has 382 valence electrons. The summed E-state index contributed by atoms with van der Waals surface area (Å²) in [4.78, 5) is 88.3. The van der Waals surface area contributed by atoms with Gasteiger partial charge in [0.15, 0.2) is 22.8 Å². The van der Waals surface area contributed by atoms with Gasteiger partial charge >= 0.3 is 23.5 Å². The number of fused-ring (bicyclic) bond motifs is 1. The van der Waals surface area contributed by atoms with Crippen LogP contribution in [0.3, 0.4) is 0 Å². The third-order valence-corrected chi connectivity index (χ3v) is 13.5. The number of phosphoric ester groups is 3. The number of nitrogen functional groups attached to an aromatic ring is 1. The second-order valence-corrected chi connectivity index (χ2v) is 21.1. The molecule has 11 N–H and O–H groups in total. The molecule has 2 amide bonds. The average Bonchev–Trinajstić information content (AvgIpc) is 3.82. The zero-order valence-electron chi connectivity index (χ0n) is 37.7. The highest BCUT2D eigenvalue weighted by molar-refractivity contribution is 8.13. The minimum absolute atomic E-state index is 0.0247. The molecule has 2 aromatic heterocycles. The highest BCUT2D eigenvalue weighted by Crippen LogP contribution is 2.61. The van der Waals surface area contributed by atoms with Crippen LogP contribution in [0.5, 0.6) is 0 Å². The molecule has 0 aliphatic carbocycles. The molecule has 1 aliphatic heterocycles. The Balaban J connectivity index is 1.34. The summed E-state index contributed by atoms with van der Waals surface area (Å²) in [5.74, 6) is -1.28. The summed E-state index contributed by atoms with van der Waals surface area (Å²) in [5.41, 5.74) is 4.24. The first-order valence-electron chi connectivity index (χ1n) is 21.3. The number of thioether (sulfide) groups is 1. The number of nitrogens with zero attached hydrogens (tertiary/aromatic N) is 4. The van der Waals surface area contributed by atoms with Crippen LogP contribution in [-0.2, 0) is 50.7 Å². The van der Waals surface area contributed by atoms with Crippen molar-refractivity contribution in [3.05, 3.63) is 61.3 Å². The number of hydrogen-bond acceptors (Lipinski definition) is 19. The summed E-state index contributed by atoms with van der Waals surface area (Å²) in [7, 11) is -16.5. The van der Waals surface area contributed by atoms with Gasteiger partial charge in [-0.3, -0.25) is 32.5 Å². The van der Waals surface area contributed by atoms with Crippen molar-refractivity contribution in [1.82, 2.24) is 30.2 Å². The Morgan fingerprint density at radius 2 is 1.56 bits per heavy atom. The van der Waals surface area contributed by atoms with Crippen LogP contribution >= 0.6 is 35.2 Å². The minimum atomic E-state index is -5.59. The van der Waals surface area contributed by atoms with E-state index in [-0.39, 0.29) is 53.8 Å². The Bertz CT molecular complexity index is 2220. The SMILES string of the molecule is CC/C=C\C/C=C\C/C=C\C/C=C\CC[C@H](O)CC(=O)SCCNC(=O)CCNC(=O)[C@H](O)C(C)(C)COP(=O)(O)OP(=O)(O)OC[C@H]1O[C@@H](n2cnc3c(N)ncnc32)[C@H](O)[C@@H]1OP(=O)(O)O. The van der Waals surface area contributed by atoms with Gasteiger partial charge in [-0.2, -0.15) is 4.31 Å². The standard InChI is InChI=1S/C39H62N7O18P3S/c1-4-5-6-7-8-9-10-11-12-13-14-15-16-17-27(47)22-30(49)68-21-20-41-29(48)18-19-42-37(52)34(51)39(2,3)24-61-67(58,59)64-66(56,57)60-23-28-33(63-65(53,54)55)32(50)38(62-28)46-26-45-31-35(40)43-25-44-36(31)46/h5-6,8-9,11-12,14-15,25-28,32-34,38,47,50-51H,4,7,10,13,16-24H2,1-3H3,(H,41,48)(H,42,52)(H,56,57)(H,58,59)(H2,40,43,44)(H2,53,54,55)/b6-5-,9-8-,12-11-,15-14-/t27-,28+,32+,33+,34-,38+/m0/s1. The molecule has 29 heteroatoms. The van der Waals surface area contributed by atoms with E-state index >= 15 is 0 Å². The molecule has 68 heavy (non-hydrogen) atoms. The van der Waals surface area contributed by atoms with Crippen molar-refractivity contribution in [2.45, 2.75) is 109 Å². The zero-order valence-corrected chi connectivity index (χ0v) is 41.2. The maximum absolute atomic E-state index is 12.7. The predicted octanol–water partition coefficient (Wildman–Crippen LogP) is 3.00. The van der Waals surface area contributed by atoms with Gasteiger partial charge in [0.05, 0.1) is 25.6 Å². The number of hydrogen-bond donors (Lipinski definition) is 10. The number of anilines is 1. The Kier molecular flexibility index (Phi) is 24.5. The molecule has 1 saturated heterocycles. The van der Waals surface area contributed by atoms with Gasteiger partial charge in [0.25, 0.3) is 0 Å². The van der Waals surface area contributed by atoms with Crippen LogP contribution in [0.2, 0.25) is 0 Å². The van der Waals surface area contributed by atoms with Crippen molar-refractivity contribution in [2.75, 3.05) is 37.8 Å². The van der Waals surface area contributed by atoms with Crippen LogP contribution < -0.4 is 16.4 Å². The minimum Gasteiger partial charge on any atom is -0.393 e. The topological polar surface area (TPSA) is 384 Å². The maximum Gasteiger partial charge on any atom is 0.481 e. The number of aliphatic hydroxyl groups is 3. The van der Waals surface area contributed by atoms with Crippen molar-refractivity contribution in [1.29, 1.82) is 0 Å². The van der Waals surface area contributed by atoms with Gasteiger partial charge in [0.2, 0.25) is 11.8 Å². The number of aromatic nitrogens is 4. The van der Waals surface area contributed by atoms with Gasteiger partial charge in [-0.15, -0.1) is 0 Å². The summed E-state index contributed by atoms with van der Waals surface area (Å²) in [6.07, 6.45) is 13.4. The molecule has 3 heterocycles. The zero-order chi connectivity index (χ0) is 50.5. The first-order valence-corrected chi connectivity index (χ1v) is 26.8. The number of nitrogens with one attached hydrogen (secondary N) is 2. The Hall–Kier alpha value is -3.52. The van der Waals surface area contributed by atoms with Crippen molar-refractivity contribution in [3.8, 4) is 0 Å². The van der Waals surface area contributed by atoms with Crippen molar-refractivity contribution < 1.29 is 85.6 Å². The van der Waals surface area contributed by atoms with E-state index in [9.17, 15) is 63.0 Å². The molecule has 8 atom stereocenters. The number of imidazole rings is 1. The molecule has 3 rings (SSSR count). The Labute approximate surface area is 397 Å². The second kappa shape index (κ2) is 28.4. The van der Waals surface area contributed by atoms with Crippen LogP contribution in [-0.4, -0.2) is 134 Å². The molecule has 25 nitrogen and oxygen atoms in total. The summed E-state index contributed by atoms with van der Waals surface area (Å²) in [5, 5.41) is 36.5. The van der Waals surface area contributed by atoms with Gasteiger partial charge < -0.3 is 56.0 Å². The van der Waals surface area contributed by atoms with Crippen LogP contribution in [0.4, 0.5) is 5.82 Å². The summed E-state index contributed by atoms with van der Waals surface area (Å²) in [6, 6.07) is 0. The number of carbonyl (C=O) groups excluding carboxylic acids is 3. The second-order valence-electron chi connectivity index (χ2n) is 15.7. The normalized spacial score (nSPS) is 20.9. The van der Waals surface area contributed by atoms with Gasteiger partial charge in [-0.05, 0) is 38.5 Å². The molecule has 0 bridgehead atoms. The summed E-state index contributed by atoms with van der Waals surface area (Å²) < 4.78 is 62.4. The van der Waals surface area contributed by atoms with Gasteiger partial charge in [-0.1, -0.05) is 81.1 Å². The molecule has 0 saturated carbocycles. The summed E-state index contributed by atoms with van der Waals surface area (Å²) in [6.45, 7) is 2.44. The fraction of sp³-hybridized carbons (Fsp3) is 0.590. The quantitative estimate of drug-likeness (QED) is 0.0295. The molecule has 1 fully saturated rings. The van der Waals surface area contributed by atoms with E-state index in [4.69, 9.17) is 19.5 Å². The van der Waals surface area contributed by atoms with Gasteiger partial charge in [-0.25, -0.2) is 28.6 Å². The first-order chi connectivity index (χ1) is 31.9. The number of amides is 2. The summed E-state index contributed by atoms with van der Waals surface area (Å²) >= 11 is 0.964. The molecule has 0 spiro atoms. The van der Waals surface area contributed by atoms with Crippen LogP contribution in [0.1, 0.15) is 78.4 Å². The molecule has 2 unspecified atom stereocenters. The van der Waals surface area contributed by atoms with E-state index in [1.807, 2.05) is 12.2 Å². The molecular weight excluding hydrogens is 979 g/mol. The highest BCUT2D eigenvalue weighted by atomic mass is 32.2. The van der Waals surface area contributed by atoms with E-state index < -0.39 is 90.7 Å². The highest BCUT2D eigenvalue weighted by Gasteiger charge is 2.50. The predicted molar refractivity (Wildman–Crippen MR) is 248 cm³/mol. The van der Waals surface area contributed by atoms with Gasteiger partial charge in [0, 0.05) is 37.1 Å². The number of phosphoric acid groups is 3. The maximum atomic E-state index is 12.7. The van der Waals surface area contributed by atoms with Crippen LogP contribution in [0.25, 0.3) is 11.2 Å². The lowest BCUT2D eigenvalue weighted by atomic mass is 9.87. The van der Waals surface area contributed by atoms with E-state index in [1.165, 1.54) is 13.8 Å². The molecule has 2 aromatic rings.